The number of aromatic nitrogens is 1. The standard InChI is InChI=1S/C13H19BrN2O/c1-3-5-10(6-4-2)13(17)16-12-9-11(14)7-8-15-12/h7-10H,3-6H2,1-2H3,(H,15,16,17). The summed E-state index contributed by atoms with van der Waals surface area (Å²) in [5.41, 5.74) is 0. The lowest BCUT2D eigenvalue weighted by atomic mass is 9.97. The Labute approximate surface area is 111 Å². The van der Waals surface area contributed by atoms with Crippen LogP contribution in [0.25, 0.3) is 0 Å². The van der Waals surface area contributed by atoms with Crippen molar-refractivity contribution in [2.75, 3.05) is 5.32 Å². The summed E-state index contributed by atoms with van der Waals surface area (Å²) in [6.07, 6.45) is 5.61. The number of hydrogen-bond acceptors (Lipinski definition) is 2. The van der Waals surface area contributed by atoms with Crippen LogP contribution in [-0.2, 0) is 4.79 Å². The van der Waals surface area contributed by atoms with Gasteiger partial charge in [-0.25, -0.2) is 4.98 Å². The van der Waals surface area contributed by atoms with Gasteiger partial charge >= 0.3 is 0 Å². The van der Waals surface area contributed by atoms with Crippen LogP contribution >= 0.6 is 15.9 Å². The van der Waals surface area contributed by atoms with Gasteiger partial charge in [-0.15, -0.1) is 0 Å². The highest BCUT2D eigenvalue weighted by molar-refractivity contribution is 9.10. The van der Waals surface area contributed by atoms with E-state index < -0.39 is 0 Å². The number of carbonyl (C=O) groups excluding carboxylic acids is 1. The molecule has 1 heterocycles. The second-order valence-corrected chi connectivity index (χ2v) is 5.04. The summed E-state index contributed by atoms with van der Waals surface area (Å²) in [6.45, 7) is 4.21. The molecule has 1 aromatic heterocycles. The van der Waals surface area contributed by atoms with Crippen molar-refractivity contribution in [1.29, 1.82) is 0 Å². The molecule has 0 atom stereocenters. The van der Waals surface area contributed by atoms with Crippen LogP contribution in [0.15, 0.2) is 22.8 Å². The highest BCUT2D eigenvalue weighted by Gasteiger charge is 2.16. The van der Waals surface area contributed by atoms with E-state index in [2.05, 4.69) is 40.1 Å². The van der Waals surface area contributed by atoms with Crippen LogP contribution in [0.4, 0.5) is 5.82 Å². The molecule has 17 heavy (non-hydrogen) atoms. The van der Waals surface area contributed by atoms with Gasteiger partial charge in [-0.3, -0.25) is 4.79 Å². The third-order valence-electron chi connectivity index (χ3n) is 2.62. The fourth-order valence-corrected chi connectivity index (χ4v) is 2.14. The minimum atomic E-state index is 0.0827. The van der Waals surface area contributed by atoms with Gasteiger partial charge in [-0.05, 0) is 25.0 Å². The molecular weight excluding hydrogens is 280 g/mol. The molecule has 0 radical (unpaired) electrons. The molecule has 0 aliphatic rings. The largest absolute Gasteiger partial charge is 0.310 e. The Morgan fingerprint density at radius 3 is 2.59 bits per heavy atom. The van der Waals surface area contributed by atoms with Gasteiger partial charge in [-0.2, -0.15) is 0 Å². The summed E-state index contributed by atoms with van der Waals surface area (Å²) in [4.78, 5) is 16.2. The molecular formula is C13H19BrN2O. The average Bonchev–Trinajstić information content (AvgIpc) is 2.28. The van der Waals surface area contributed by atoms with E-state index >= 15 is 0 Å². The Bertz CT molecular complexity index is 362. The summed E-state index contributed by atoms with van der Waals surface area (Å²) in [7, 11) is 0. The van der Waals surface area contributed by atoms with Gasteiger partial charge in [-0.1, -0.05) is 42.6 Å². The summed E-state index contributed by atoms with van der Waals surface area (Å²) in [5.74, 6) is 0.798. The summed E-state index contributed by atoms with van der Waals surface area (Å²) >= 11 is 3.36. The minimum Gasteiger partial charge on any atom is -0.310 e. The molecule has 0 unspecified atom stereocenters. The molecule has 0 fully saturated rings. The number of nitrogens with one attached hydrogen (secondary N) is 1. The molecule has 0 aliphatic heterocycles. The second kappa shape index (κ2) is 7.43. The van der Waals surface area contributed by atoms with Crippen LogP contribution in [0.3, 0.4) is 0 Å². The zero-order valence-corrected chi connectivity index (χ0v) is 12.0. The van der Waals surface area contributed by atoms with E-state index in [1.807, 2.05) is 12.1 Å². The maximum atomic E-state index is 12.0. The first-order valence-electron chi connectivity index (χ1n) is 6.09. The first-order chi connectivity index (χ1) is 8.17. The lowest BCUT2D eigenvalue weighted by Crippen LogP contribution is -2.23. The van der Waals surface area contributed by atoms with Crippen molar-refractivity contribution in [2.24, 2.45) is 5.92 Å². The van der Waals surface area contributed by atoms with Gasteiger partial charge in [0.2, 0.25) is 5.91 Å². The highest BCUT2D eigenvalue weighted by Crippen LogP contribution is 2.17. The zero-order valence-electron chi connectivity index (χ0n) is 10.4. The maximum absolute atomic E-state index is 12.0. The molecule has 1 amide bonds. The lowest BCUT2D eigenvalue weighted by Gasteiger charge is -2.14. The van der Waals surface area contributed by atoms with Crippen molar-refractivity contribution in [1.82, 2.24) is 4.98 Å². The predicted molar refractivity (Wildman–Crippen MR) is 73.9 cm³/mol. The van der Waals surface area contributed by atoms with Crippen molar-refractivity contribution in [3.8, 4) is 0 Å². The molecule has 0 spiro atoms. The lowest BCUT2D eigenvalue weighted by molar-refractivity contribution is -0.120. The Kier molecular flexibility index (Phi) is 6.19. The summed E-state index contributed by atoms with van der Waals surface area (Å²) in [6, 6.07) is 3.65. The zero-order chi connectivity index (χ0) is 12.7. The quantitative estimate of drug-likeness (QED) is 0.862. The molecule has 1 rings (SSSR count). The van der Waals surface area contributed by atoms with Gasteiger partial charge in [0.25, 0.3) is 0 Å². The first-order valence-corrected chi connectivity index (χ1v) is 6.89. The predicted octanol–water partition coefficient (Wildman–Crippen LogP) is 4.00. The molecule has 0 bridgehead atoms. The van der Waals surface area contributed by atoms with E-state index in [1.165, 1.54) is 0 Å². The Balaban J connectivity index is 2.62. The van der Waals surface area contributed by atoms with Crippen molar-refractivity contribution in [3.05, 3.63) is 22.8 Å². The minimum absolute atomic E-state index is 0.0827. The fourth-order valence-electron chi connectivity index (χ4n) is 1.80. The van der Waals surface area contributed by atoms with E-state index in [1.54, 1.807) is 6.20 Å². The van der Waals surface area contributed by atoms with Crippen LogP contribution in [0.1, 0.15) is 39.5 Å². The number of rotatable bonds is 6. The molecule has 1 aromatic rings. The SMILES string of the molecule is CCCC(CCC)C(=O)Nc1cc(Br)ccn1. The Morgan fingerprint density at radius 2 is 2.06 bits per heavy atom. The number of pyridine rings is 1. The van der Waals surface area contributed by atoms with E-state index in [0.717, 1.165) is 30.2 Å². The highest BCUT2D eigenvalue weighted by atomic mass is 79.9. The Hall–Kier alpha value is -0.900. The summed E-state index contributed by atoms with van der Waals surface area (Å²) < 4.78 is 0.922. The smallest absolute Gasteiger partial charge is 0.228 e. The molecule has 0 aliphatic carbocycles. The number of carbonyl (C=O) groups is 1. The van der Waals surface area contributed by atoms with Gasteiger partial charge in [0, 0.05) is 16.6 Å². The topological polar surface area (TPSA) is 42.0 Å². The third-order valence-corrected chi connectivity index (χ3v) is 3.11. The molecule has 3 nitrogen and oxygen atoms in total. The Morgan fingerprint density at radius 1 is 1.41 bits per heavy atom. The fraction of sp³-hybridized carbons (Fsp3) is 0.538. The van der Waals surface area contributed by atoms with Gasteiger partial charge in [0.1, 0.15) is 5.82 Å². The molecule has 0 saturated heterocycles. The maximum Gasteiger partial charge on any atom is 0.228 e. The molecule has 1 N–H and O–H groups in total. The third kappa shape index (κ3) is 4.86. The van der Waals surface area contributed by atoms with Gasteiger partial charge in [0.05, 0.1) is 0 Å². The van der Waals surface area contributed by atoms with Gasteiger partial charge in [0.15, 0.2) is 0 Å². The molecule has 0 saturated carbocycles. The van der Waals surface area contributed by atoms with Crippen LogP contribution in [-0.4, -0.2) is 10.9 Å². The molecule has 0 aromatic carbocycles. The van der Waals surface area contributed by atoms with Crippen LogP contribution in [0.2, 0.25) is 0 Å². The van der Waals surface area contributed by atoms with Crippen molar-refractivity contribution in [3.63, 3.8) is 0 Å². The van der Waals surface area contributed by atoms with Crippen LogP contribution in [0.5, 0.6) is 0 Å². The number of nitrogens with zero attached hydrogens (tertiary/aromatic N) is 1. The van der Waals surface area contributed by atoms with Crippen molar-refractivity contribution >= 4 is 27.7 Å². The monoisotopic (exact) mass is 298 g/mol. The number of amides is 1. The van der Waals surface area contributed by atoms with Crippen molar-refractivity contribution < 1.29 is 4.79 Å². The number of hydrogen-bond donors (Lipinski definition) is 1. The van der Waals surface area contributed by atoms with E-state index in [9.17, 15) is 4.79 Å². The van der Waals surface area contributed by atoms with E-state index in [4.69, 9.17) is 0 Å². The second-order valence-electron chi connectivity index (χ2n) is 4.12. The first kappa shape index (κ1) is 14.2. The van der Waals surface area contributed by atoms with Gasteiger partial charge < -0.3 is 5.32 Å². The van der Waals surface area contributed by atoms with Crippen molar-refractivity contribution in [2.45, 2.75) is 39.5 Å². The average molecular weight is 299 g/mol. The van der Waals surface area contributed by atoms with Crippen LogP contribution in [0, 0.1) is 5.92 Å². The summed E-state index contributed by atoms with van der Waals surface area (Å²) in [5, 5.41) is 2.87. The molecule has 4 heteroatoms. The van der Waals surface area contributed by atoms with E-state index in [-0.39, 0.29) is 11.8 Å². The molecule has 94 valence electrons. The normalized spacial score (nSPS) is 10.6. The van der Waals surface area contributed by atoms with Crippen LogP contribution < -0.4 is 5.32 Å². The van der Waals surface area contributed by atoms with E-state index in [0.29, 0.717) is 5.82 Å². The number of halogens is 1. The number of anilines is 1.